The molecule has 1 aromatic carbocycles. The number of H-pyrrole nitrogens is 2. The molecule has 5 rings (SSSR count). The van der Waals surface area contributed by atoms with E-state index in [0.717, 1.165) is 39.5 Å². The van der Waals surface area contributed by atoms with E-state index in [1.807, 2.05) is 47.6 Å². The van der Waals surface area contributed by atoms with E-state index < -0.39 is 6.04 Å². The van der Waals surface area contributed by atoms with Crippen LogP contribution in [-0.4, -0.2) is 50.8 Å². The molecule has 3 aromatic heterocycles. The number of para-hydroxylation sites is 1. The van der Waals surface area contributed by atoms with Gasteiger partial charge in [-0.1, -0.05) is 24.3 Å². The topological polar surface area (TPSA) is 93.9 Å². The van der Waals surface area contributed by atoms with Crippen LogP contribution in [-0.2, 0) is 16.0 Å². The predicted molar refractivity (Wildman–Crippen MR) is 125 cm³/mol. The summed E-state index contributed by atoms with van der Waals surface area (Å²) >= 11 is 0. The third kappa shape index (κ3) is 3.77. The van der Waals surface area contributed by atoms with Crippen molar-refractivity contribution in [3.8, 4) is 0 Å². The number of benzene rings is 1. The summed E-state index contributed by atoms with van der Waals surface area (Å²) < 4.78 is 0. The van der Waals surface area contributed by atoms with Gasteiger partial charge in [0.25, 0.3) is 0 Å². The fourth-order valence-corrected chi connectivity index (χ4v) is 4.52. The van der Waals surface area contributed by atoms with Gasteiger partial charge in [0.2, 0.25) is 11.8 Å². The first-order valence-corrected chi connectivity index (χ1v) is 10.8. The Hall–Kier alpha value is -3.87. The minimum absolute atomic E-state index is 0.0543. The van der Waals surface area contributed by atoms with Gasteiger partial charge in [-0.3, -0.25) is 9.59 Å². The number of hydrogen-bond donors (Lipinski definition) is 3. The molecule has 4 aromatic rings. The molecule has 1 aliphatic heterocycles. The molecule has 0 radical (unpaired) electrons. The molecule has 1 aliphatic rings. The van der Waals surface area contributed by atoms with E-state index in [1.165, 1.54) is 12.5 Å². The van der Waals surface area contributed by atoms with E-state index in [1.54, 1.807) is 6.20 Å². The lowest BCUT2D eigenvalue weighted by atomic mass is 9.98. The lowest BCUT2D eigenvalue weighted by molar-refractivity contribution is -0.135. The molecule has 0 spiro atoms. The number of aromatic amines is 2. The number of aromatic nitrogens is 3. The van der Waals surface area contributed by atoms with Crippen molar-refractivity contribution in [1.82, 2.24) is 25.2 Å². The van der Waals surface area contributed by atoms with Gasteiger partial charge in [0.1, 0.15) is 11.7 Å². The molecule has 0 saturated carbocycles. The van der Waals surface area contributed by atoms with Crippen molar-refractivity contribution in [3.05, 3.63) is 72.2 Å². The number of rotatable bonds is 5. The second-order valence-corrected chi connectivity index (χ2v) is 8.18. The van der Waals surface area contributed by atoms with E-state index in [2.05, 4.69) is 32.4 Å². The standard InChI is InChI=1S/C25H25N5O2/c1-16(31)29-23(13-18-14-27-22-7-3-2-5-19(18)22)25(32)30-11-8-17(9-12-30)21-15-28-24-20(21)6-4-10-26-24/h2-8,10,14-15,23,27H,9,11-13H2,1H3,(H,26,28)(H,29,31). The van der Waals surface area contributed by atoms with Crippen LogP contribution in [0.1, 0.15) is 24.5 Å². The van der Waals surface area contributed by atoms with Crippen LogP contribution in [0.2, 0.25) is 0 Å². The lowest BCUT2D eigenvalue weighted by Crippen LogP contribution is -2.50. The molecule has 162 valence electrons. The maximum Gasteiger partial charge on any atom is 0.245 e. The Kier molecular flexibility index (Phi) is 5.23. The molecule has 3 N–H and O–H groups in total. The summed E-state index contributed by atoms with van der Waals surface area (Å²) in [4.78, 5) is 37.9. The zero-order valence-corrected chi connectivity index (χ0v) is 17.9. The van der Waals surface area contributed by atoms with Crippen molar-refractivity contribution >= 4 is 39.3 Å². The Morgan fingerprint density at radius 3 is 2.78 bits per heavy atom. The minimum atomic E-state index is -0.598. The van der Waals surface area contributed by atoms with Gasteiger partial charge in [0, 0.05) is 66.9 Å². The highest BCUT2D eigenvalue weighted by Gasteiger charge is 2.28. The maximum atomic E-state index is 13.4. The quantitative estimate of drug-likeness (QED) is 0.456. The van der Waals surface area contributed by atoms with Crippen LogP contribution >= 0.6 is 0 Å². The first-order valence-electron chi connectivity index (χ1n) is 10.8. The number of carbonyl (C=O) groups excluding carboxylic acids is 2. The van der Waals surface area contributed by atoms with Crippen LogP contribution in [0, 0.1) is 0 Å². The van der Waals surface area contributed by atoms with Gasteiger partial charge in [-0.15, -0.1) is 0 Å². The number of nitrogens with zero attached hydrogens (tertiary/aromatic N) is 2. The second-order valence-electron chi connectivity index (χ2n) is 8.18. The van der Waals surface area contributed by atoms with Crippen LogP contribution in [0.4, 0.5) is 0 Å². The Morgan fingerprint density at radius 1 is 1.12 bits per heavy atom. The maximum absolute atomic E-state index is 13.4. The average Bonchev–Trinajstić information content (AvgIpc) is 3.42. The molecule has 7 nitrogen and oxygen atoms in total. The summed E-state index contributed by atoms with van der Waals surface area (Å²) in [5, 5.41) is 5.03. The number of carbonyl (C=O) groups is 2. The average molecular weight is 428 g/mol. The van der Waals surface area contributed by atoms with Crippen LogP contribution in [0.25, 0.3) is 27.5 Å². The highest BCUT2D eigenvalue weighted by molar-refractivity contribution is 5.92. The van der Waals surface area contributed by atoms with Gasteiger partial charge >= 0.3 is 0 Å². The molecular weight excluding hydrogens is 402 g/mol. The fraction of sp³-hybridized carbons (Fsp3) is 0.240. The van der Waals surface area contributed by atoms with E-state index >= 15 is 0 Å². The molecule has 0 fully saturated rings. The number of pyridine rings is 1. The number of nitrogens with one attached hydrogen (secondary N) is 3. The van der Waals surface area contributed by atoms with Gasteiger partial charge in [0.05, 0.1) is 0 Å². The first-order chi connectivity index (χ1) is 15.6. The molecule has 7 heteroatoms. The molecule has 4 heterocycles. The van der Waals surface area contributed by atoms with Gasteiger partial charge in [-0.05, 0) is 35.8 Å². The third-order valence-electron chi connectivity index (χ3n) is 6.09. The van der Waals surface area contributed by atoms with Gasteiger partial charge in [0.15, 0.2) is 0 Å². The molecule has 32 heavy (non-hydrogen) atoms. The van der Waals surface area contributed by atoms with Crippen LogP contribution in [0.15, 0.2) is 61.1 Å². The number of fused-ring (bicyclic) bond motifs is 2. The van der Waals surface area contributed by atoms with Crippen molar-refractivity contribution in [1.29, 1.82) is 0 Å². The predicted octanol–water partition coefficient (Wildman–Crippen LogP) is 3.41. The van der Waals surface area contributed by atoms with Crippen LogP contribution < -0.4 is 5.32 Å². The Bertz CT molecular complexity index is 1330. The number of amides is 2. The summed E-state index contributed by atoms with van der Waals surface area (Å²) in [6.45, 7) is 2.58. The monoisotopic (exact) mass is 427 g/mol. The van der Waals surface area contributed by atoms with E-state index in [0.29, 0.717) is 19.5 Å². The Labute approximate surface area is 185 Å². The molecular formula is C25H25N5O2. The Balaban J connectivity index is 1.35. The first kappa shape index (κ1) is 20.1. The van der Waals surface area contributed by atoms with E-state index in [-0.39, 0.29) is 11.8 Å². The summed E-state index contributed by atoms with van der Waals surface area (Å²) in [7, 11) is 0. The van der Waals surface area contributed by atoms with Crippen molar-refractivity contribution in [2.24, 2.45) is 0 Å². The highest BCUT2D eigenvalue weighted by atomic mass is 16.2. The summed E-state index contributed by atoms with van der Waals surface area (Å²) in [5.41, 5.74) is 5.26. The highest BCUT2D eigenvalue weighted by Crippen LogP contribution is 2.29. The Morgan fingerprint density at radius 2 is 1.97 bits per heavy atom. The normalized spacial score (nSPS) is 15.0. The smallest absolute Gasteiger partial charge is 0.245 e. The zero-order valence-electron chi connectivity index (χ0n) is 17.9. The van der Waals surface area contributed by atoms with E-state index in [4.69, 9.17) is 0 Å². The molecule has 2 amide bonds. The molecule has 0 saturated heterocycles. The van der Waals surface area contributed by atoms with Crippen molar-refractivity contribution in [3.63, 3.8) is 0 Å². The largest absolute Gasteiger partial charge is 0.361 e. The SMILES string of the molecule is CC(=O)NC(Cc1c[nH]c2ccccc12)C(=O)N1CC=C(c2c[nH]c3ncccc23)CC1. The lowest BCUT2D eigenvalue weighted by Gasteiger charge is -2.30. The van der Waals surface area contributed by atoms with Crippen molar-refractivity contribution in [2.75, 3.05) is 13.1 Å². The molecule has 1 unspecified atom stereocenters. The summed E-state index contributed by atoms with van der Waals surface area (Å²) in [6, 6.07) is 11.4. The molecule has 0 aliphatic carbocycles. The van der Waals surface area contributed by atoms with Crippen molar-refractivity contribution < 1.29 is 9.59 Å². The van der Waals surface area contributed by atoms with Crippen molar-refractivity contribution in [2.45, 2.75) is 25.8 Å². The fourth-order valence-electron chi connectivity index (χ4n) is 4.52. The van der Waals surface area contributed by atoms with Gasteiger partial charge < -0.3 is 20.2 Å². The van der Waals surface area contributed by atoms with Crippen LogP contribution in [0.5, 0.6) is 0 Å². The second kappa shape index (κ2) is 8.34. The molecule has 1 atom stereocenters. The third-order valence-corrected chi connectivity index (χ3v) is 6.09. The van der Waals surface area contributed by atoms with Gasteiger partial charge in [-0.2, -0.15) is 0 Å². The summed E-state index contributed by atoms with van der Waals surface area (Å²) in [5.74, 6) is -0.260. The minimum Gasteiger partial charge on any atom is -0.361 e. The van der Waals surface area contributed by atoms with E-state index in [9.17, 15) is 9.59 Å². The van der Waals surface area contributed by atoms with Gasteiger partial charge in [-0.25, -0.2) is 4.98 Å². The zero-order chi connectivity index (χ0) is 22.1. The van der Waals surface area contributed by atoms with Crippen LogP contribution in [0.3, 0.4) is 0 Å². The number of hydrogen-bond acceptors (Lipinski definition) is 3. The molecule has 0 bridgehead atoms. The summed E-state index contributed by atoms with van der Waals surface area (Å²) in [6.07, 6.45) is 8.99.